The zero-order valence-electron chi connectivity index (χ0n) is 7.61. The molecule has 0 radical (unpaired) electrons. The van der Waals surface area contributed by atoms with Crippen LogP contribution >= 0.6 is 11.6 Å². The molecule has 1 atom stereocenters. The van der Waals surface area contributed by atoms with Crippen molar-refractivity contribution >= 4 is 17.3 Å². The van der Waals surface area contributed by atoms with Crippen LogP contribution in [0.1, 0.15) is 12.0 Å². The van der Waals surface area contributed by atoms with Crippen molar-refractivity contribution in [3.05, 3.63) is 47.5 Å². The lowest BCUT2D eigenvalue weighted by Crippen LogP contribution is -2.04. The van der Waals surface area contributed by atoms with E-state index in [1.54, 1.807) is 6.08 Å². The average Bonchev–Trinajstić information content (AvgIpc) is 2.67. The van der Waals surface area contributed by atoms with Gasteiger partial charge in [0.15, 0.2) is 6.10 Å². The van der Waals surface area contributed by atoms with E-state index in [1.807, 2.05) is 24.3 Å². The fraction of sp³-hybridized carbons (Fsp3) is 0.182. The van der Waals surface area contributed by atoms with Gasteiger partial charge in [0.05, 0.1) is 5.71 Å². The summed E-state index contributed by atoms with van der Waals surface area (Å²) in [5.74, 6) is 0. The van der Waals surface area contributed by atoms with E-state index in [0.717, 1.165) is 22.7 Å². The number of rotatable bonds is 2. The van der Waals surface area contributed by atoms with Crippen LogP contribution in [0.4, 0.5) is 0 Å². The van der Waals surface area contributed by atoms with Crippen molar-refractivity contribution in [3.8, 4) is 0 Å². The fourth-order valence-electron chi connectivity index (χ4n) is 1.34. The molecule has 0 fully saturated rings. The van der Waals surface area contributed by atoms with Crippen LogP contribution < -0.4 is 0 Å². The van der Waals surface area contributed by atoms with Crippen LogP contribution in [-0.2, 0) is 4.84 Å². The molecule has 0 spiro atoms. The molecule has 1 aliphatic heterocycles. The Morgan fingerprint density at radius 3 is 2.71 bits per heavy atom. The summed E-state index contributed by atoms with van der Waals surface area (Å²) in [5, 5.41) is 4.72. The molecule has 14 heavy (non-hydrogen) atoms. The molecular weight excluding hydrogens is 198 g/mol. The molecule has 0 aliphatic carbocycles. The number of oxime groups is 1. The summed E-state index contributed by atoms with van der Waals surface area (Å²) in [4.78, 5) is 5.14. The van der Waals surface area contributed by atoms with Crippen molar-refractivity contribution in [1.82, 2.24) is 0 Å². The molecule has 2 rings (SSSR count). The summed E-state index contributed by atoms with van der Waals surface area (Å²) < 4.78 is 0. The minimum Gasteiger partial charge on any atom is -0.388 e. The van der Waals surface area contributed by atoms with Crippen LogP contribution in [0.5, 0.6) is 0 Å². The predicted octanol–water partition coefficient (Wildman–Crippen LogP) is 3.02. The first-order valence-corrected chi connectivity index (χ1v) is 4.78. The zero-order valence-corrected chi connectivity index (χ0v) is 8.37. The van der Waals surface area contributed by atoms with Gasteiger partial charge in [-0.05, 0) is 23.8 Å². The Kier molecular flexibility index (Phi) is 2.55. The third-order valence-corrected chi connectivity index (χ3v) is 2.39. The first kappa shape index (κ1) is 9.28. The molecule has 72 valence electrons. The molecule has 0 amide bonds. The zero-order chi connectivity index (χ0) is 9.97. The maximum Gasteiger partial charge on any atom is 0.151 e. The lowest BCUT2D eigenvalue weighted by Gasteiger charge is -1.99. The predicted molar refractivity (Wildman–Crippen MR) is 57.7 cm³/mol. The summed E-state index contributed by atoms with van der Waals surface area (Å²) in [6, 6.07) is 7.58. The van der Waals surface area contributed by atoms with Gasteiger partial charge in [-0.15, -0.1) is 0 Å². The Bertz CT molecular complexity index is 369. The molecule has 1 aromatic carbocycles. The number of hydrogen-bond acceptors (Lipinski definition) is 2. The topological polar surface area (TPSA) is 21.6 Å². The number of halogens is 1. The van der Waals surface area contributed by atoms with Gasteiger partial charge < -0.3 is 4.84 Å². The lowest BCUT2D eigenvalue weighted by molar-refractivity contribution is 0.120. The minimum atomic E-state index is 0.0145. The summed E-state index contributed by atoms with van der Waals surface area (Å²) in [7, 11) is 0. The molecule has 0 saturated heterocycles. The van der Waals surface area contributed by atoms with E-state index >= 15 is 0 Å². The highest BCUT2D eigenvalue weighted by Gasteiger charge is 2.18. The quantitative estimate of drug-likeness (QED) is 0.684. The summed E-state index contributed by atoms with van der Waals surface area (Å²) in [6.45, 7) is 3.67. The van der Waals surface area contributed by atoms with Crippen LogP contribution in [0.3, 0.4) is 0 Å². The standard InChI is InChI=1S/C11H10ClNO/c1-2-10-7-11(13-14-10)8-3-5-9(12)6-4-8/h2-6,10H,1,7H2. The van der Waals surface area contributed by atoms with Crippen molar-refractivity contribution in [2.45, 2.75) is 12.5 Å². The van der Waals surface area contributed by atoms with Crippen LogP contribution in [0.2, 0.25) is 5.02 Å². The van der Waals surface area contributed by atoms with Crippen molar-refractivity contribution in [1.29, 1.82) is 0 Å². The van der Waals surface area contributed by atoms with Crippen LogP contribution in [0.25, 0.3) is 0 Å². The van der Waals surface area contributed by atoms with Crippen molar-refractivity contribution in [3.63, 3.8) is 0 Å². The maximum atomic E-state index is 5.79. The van der Waals surface area contributed by atoms with Crippen LogP contribution in [0.15, 0.2) is 42.1 Å². The molecule has 0 aromatic heterocycles. The maximum absolute atomic E-state index is 5.79. The van der Waals surface area contributed by atoms with Crippen molar-refractivity contribution < 1.29 is 4.84 Å². The van der Waals surface area contributed by atoms with Crippen molar-refractivity contribution in [2.75, 3.05) is 0 Å². The highest BCUT2D eigenvalue weighted by atomic mass is 35.5. The smallest absolute Gasteiger partial charge is 0.151 e. The van der Waals surface area contributed by atoms with E-state index in [0.29, 0.717) is 0 Å². The third kappa shape index (κ3) is 1.80. The van der Waals surface area contributed by atoms with Gasteiger partial charge in [-0.3, -0.25) is 0 Å². The Hall–Kier alpha value is -1.28. The fourth-order valence-corrected chi connectivity index (χ4v) is 1.46. The van der Waals surface area contributed by atoms with Gasteiger partial charge in [0.25, 0.3) is 0 Å². The van der Waals surface area contributed by atoms with E-state index in [4.69, 9.17) is 16.4 Å². The van der Waals surface area contributed by atoms with E-state index in [2.05, 4.69) is 11.7 Å². The molecule has 3 heteroatoms. The molecule has 1 aromatic rings. The largest absolute Gasteiger partial charge is 0.388 e. The molecule has 1 aliphatic rings. The first-order chi connectivity index (χ1) is 6.79. The monoisotopic (exact) mass is 207 g/mol. The molecule has 2 nitrogen and oxygen atoms in total. The summed E-state index contributed by atoms with van der Waals surface area (Å²) in [6.07, 6.45) is 2.55. The highest BCUT2D eigenvalue weighted by molar-refractivity contribution is 6.30. The number of benzene rings is 1. The van der Waals surface area contributed by atoms with Gasteiger partial charge in [0, 0.05) is 11.4 Å². The third-order valence-electron chi connectivity index (χ3n) is 2.13. The van der Waals surface area contributed by atoms with Crippen LogP contribution in [-0.4, -0.2) is 11.8 Å². The summed E-state index contributed by atoms with van der Waals surface area (Å²) in [5.41, 5.74) is 2.00. The SMILES string of the molecule is C=CC1CC(c2ccc(Cl)cc2)=NO1. The van der Waals surface area contributed by atoms with Gasteiger partial charge in [0.1, 0.15) is 0 Å². The minimum absolute atomic E-state index is 0.0145. The Labute approximate surface area is 87.8 Å². The molecule has 1 unspecified atom stereocenters. The van der Waals surface area contributed by atoms with Gasteiger partial charge in [-0.2, -0.15) is 0 Å². The van der Waals surface area contributed by atoms with Crippen LogP contribution in [0, 0.1) is 0 Å². The van der Waals surface area contributed by atoms with E-state index < -0.39 is 0 Å². The van der Waals surface area contributed by atoms with E-state index in [1.165, 1.54) is 0 Å². The lowest BCUT2D eigenvalue weighted by atomic mass is 10.1. The first-order valence-electron chi connectivity index (χ1n) is 4.41. The van der Waals surface area contributed by atoms with E-state index in [-0.39, 0.29) is 6.10 Å². The Morgan fingerprint density at radius 1 is 1.43 bits per heavy atom. The molecule has 1 heterocycles. The van der Waals surface area contributed by atoms with Gasteiger partial charge in [0.2, 0.25) is 0 Å². The average molecular weight is 208 g/mol. The van der Waals surface area contributed by atoms with E-state index in [9.17, 15) is 0 Å². The van der Waals surface area contributed by atoms with Crippen molar-refractivity contribution in [2.24, 2.45) is 5.16 Å². The summed E-state index contributed by atoms with van der Waals surface area (Å²) >= 11 is 5.79. The second-order valence-corrected chi connectivity index (χ2v) is 3.56. The molecule has 0 saturated carbocycles. The highest BCUT2D eigenvalue weighted by Crippen LogP contribution is 2.18. The Morgan fingerprint density at radius 2 is 2.14 bits per heavy atom. The second-order valence-electron chi connectivity index (χ2n) is 3.13. The van der Waals surface area contributed by atoms with Gasteiger partial charge in [-0.1, -0.05) is 35.5 Å². The normalized spacial score (nSPS) is 20.1. The number of hydrogen-bond donors (Lipinski definition) is 0. The Balaban J connectivity index is 2.17. The second kappa shape index (κ2) is 3.84. The molecule has 0 bridgehead atoms. The molecule has 0 N–H and O–H groups in total. The number of nitrogens with zero attached hydrogens (tertiary/aromatic N) is 1. The van der Waals surface area contributed by atoms with Gasteiger partial charge >= 0.3 is 0 Å². The molecular formula is C11H10ClNO. The van der Waals surface area contributed by atoms with Gasteiger partial charge in [-0.25, -0.2) is 0 Å².